The lowest BCUT2D eigenvalue weighted by Gasteiger charge is -2.38. The Morgan fingerprint density at radius 2 is 1.59 bits per heavy atom. The van der Waals surface area contributed by atoms with Gasteiger partial charge in [0.25, 0.3) is 0 Å². The molecule has 0 bridgehead atoms. The molecule has 0 radical (unpaired) electrons. The van der Waals surface area contributed by atoms with Crippen LogP contribution in [0.4, 0.5) is 11.4 Å². The minimum atomic E-state index is 0.0919. The van der Waals surface area contributed by atoms with Gasteiger partial charge < -0.3 is 19.6 Å². The van der Waals surface area contributed by atoms with Gasteiger partial charge in [-0.3, -0.25) is 4.79 Å². The Kier molecular flexibility index (Phi) is 7.43. The Morgan fingerprint density at radius 3 is 2.26 bits per heavy atom. The molecule has 2 saturated heterocycles. The molecule has 3 aliphatic rings. The molecule has 1 aromatic carbocycles. The van der Waals surface area contributed by atoms with Crippen LogP contribution < -0.4 is 9.80 Å². The largest absolute Gasteiger partial charge is 0.369 e. The van der Waals surface area contributed by atoms with Crippen molar-refractivity contribution in [3.8, 4) is 17.2 Å². The Labute approximate surface area is 231 Å². The molecule has 204 valence electrons. The number of carbonyl (C=O) groups is 1. The molecule has 3 aromatic rings. The zero-order chi connectivity index (χ0) is 26.8. The molecular formula is C31H39N7O. The molecule has 1 amide bonds. The molecule has 39 heavy (non-hydrogen) atoms. The average Bonchev–Trinajstić information content (AvgIpc) is 3.46. The Balaban J connectivity index is 1.11. The summed E-state index contributed by atoms with van der Waals surface area (Å²) in [6.07, 6.45) is 7.41. The first-order valence-electron chi connectivity index (χ1n) is 14.6. The summed E-state index contributed by atoms with van der Waals surface area (Å²) >= 11 is 0. The number of amides is 1. The van der Waals surface area contributed by atoms with Crippen LogP contribution in [0.2, 0.25) is 0 Å². The van der Waals surface area contributed by atoms with Gasteiger partial charge in [-0.25, -0.2) is 4.52 Å². The molecule has 1 saturated carbocycles. The summed E-state index contributed by atoms with van der Waals surface area (Å²) in [4.78, 5) is 22.5. The third kappa shape index (κ3) is 5.33. The van der Waals surface area contributed by atoms with E-state index in [-0.39, 0.29) is 17.7 Å². The van der Waals surface area contributed by atoms with Crippen LogP contribution in [0, 0.1) is 23.2 Å². The number of hydrogen-bond acceptors (Lipinski definition) is 6. The van der Waals surface area contributed by atoms with E-state index < -0.39 is 0 Å². The van der Waals surface area contributed by atoms with E-state index in [2.05, 4.69) is 75.4 Å². The highest BCUT2D eigenvalue weighted by Crippen LogP contribution is 2.32. The summed E-state index contributed by atoms with van der Waals surface area (Å²) in [5, 5.41) is 13.8. The van der Waals surface area contributed by atoms with E-state index in [1.807, 2.05) is 15.6 Å². The number of aromatic nitrogens is 2. The first kappa shape index (κ1) is 25.7. The summed E-state index contributed by atoms with van der Waals surface area (Å²) in [5.74, 6) is 0.507. The average molecular weight is 526 g/mol. The fourth-order valence-corrected chi connectivity index (χ4v) is 6.51. The number of hydrogen-bond donors (Lipinski definition) is 0. The predicted octanol–water partition coefficient (Wildman–Crippen LogP) is 4.12. The van der Waals surface area contributed by atoms with Gasteiger partial charge >= 0.3 is 0 Å². The normalized spacial score (nSPS) is 22.7. The maximum Gasteiger partial charge on any atom is 0.225 e. The van der Waals surface area contributed by atoms with Crippen molar-refractivity contribution in [3.63, 3.8) is 0 Å². The quantitative estimate of drug-likeness (QED) is 0.499. The number of likely N-dealkylation sites (N-methyl/N-ethyl adjacent to an activating group) is 1. The van der Waals surface area contributed by atoms with Crippen LogP contribution in [-0.4, -0.2) is 84.2 Å². The summed E-state index contributed by atoms with van der Waals surface area (Å²) in [6.45, 7) is 10.9. The maximum absolute atomic E-state index is 13.1. The number of rotatable bonds is 5. The van der Waals surface area contributed by atoms with E-state index in [1.165, 1.54) is 22.5 Å². The summed E-state index contributed by atoms with van der Waals surface area (Å²) in [6, 6.07) is 15.7. The van der Waals surface area contributed by atoms with Crippen molar-refractivity contribution >= 4 is 22.8 Å². The predicted molar refractivity (Wildman–Crippen MR) is 155 cm³/mol. The molecule has 8 nitrogen and oxygen atoms in total. The SMILES string of the molecule is CCN1CCN(c2ccc(-c3cc4c(N5CCN(C(=O)[C@H]6CC[C@H](C#N)CC6)CC5)ccnn4c3)cc2)CC1. The number of nitrogens with zero attached hydrogens (tertiary/aromatic N) is 7. The van der Waals surface area contributed by atoms with Gasteiger partial charge in [-0.15, -0.1) is 0 Å². The van der Waals surface area contributed by atoms with Crippen LogP contribution >= 0.6 is 0 Å². The Hall–Kier alpha value is -3.57. The third-order valence-electron chi connectivity index (χ3n) is 9.06. The lowest BCUT2D eigenvalue weighted by Crippen LogP contribution is -2.50. The fourth-order valence-electron chi connectivity index (χ4n) is 6.51. The molecule has 0 unspecified atom stereocenters. The van der Waals surface area contributed by atoms with Crippen LogP contribution in [-0.2, 0) is 4.79 Å². The minimum absolute atomic E-state index is 0.0919. The van der Waals surface area contributed by atoms with E-state index in [0.717, 1.165) is 90.1 Å². The molecule has 6 rings (SSSR count). The van der Waals surface area contributed by atoms with Gasteiger partial charge in [0.05, 0.1) is 17.3 Å². The van der Waals surface area contributed by atoms with E-state index >= 15 is 0 Å². The van der Waals surface area contributed by atoms with Crippen molar-refractivity contribution < 1.29 is 4.79 Å². The van der Waals surface area contributed by atoms with Crippen molar-refractivity contribution in [2.75, 3.05) is 68.7 Å². The zero-order valence-corrected chi connectivity index (χ0v) is 23.0. The molecule has 2 aliphatic heterocycles. The Bertz CT molecular complexity index is 1320. The monoisotopic (exact) mass is 525 g/mol. The second-order valence-corrected chi connectivity index (χ2v) is 11.2. The zero-order valence-electron chi connectivity index (χ0n) is 23.0. The second kappa shape index (κ2) is 11.3. The molecule has 1 aliphatic carbocycles. The number of carbonyl (C=O) groups excluding carboxylic acids is 1. The van der Waals surface area contributed by atoms with Gasteiger partial charge in [0.15, 0.2) is 0 Å². The highest BCUT2D eigenvalue weighted by Gasteiger charge is 2.31. The second-order valence-electron chi connectivity index (χ2n) is 11.2. The van der Waals surface area contributed by atoms with E-state index in [1.54, 1.807) is 0 Å². The molecule has 0 atom stereocenters. The standard InChI is InChI=1S/C31H39N7O/c1-2-34-13-15-35(16-14-34)28-9-7-25(8-10-28)27-21-30-29(11-12-33-38(30)23-27)36-17-19-37(20-18-36)31(39)26-5-3-24(22-32)4-6-26/h7-12,21,23-24,26H,2-6,13-20H2,1H3/t24-,26-. The summed E-state index contributed by atoms with van der Waals surface area (Å²) < 4.78 is 1.98. The lowest BCUT2D eigenvalue weighted by atomic mass is 9.82. The highest BCUT2D eigenvalue weighted by molar-refractivity contribution is 5.81. The van der Waals surface area contributed by atoms with Crippen LogP contribution in [0.25, 0.3) is 16.6 Å². The molecule has 0 spiro atoms. The Morgan fingerprint density at radius 1 is 0.897 bits per heavy atom. The van der Waals surface area contributed by atoms with E-state index in [9.17, 15) is 4.79 Å². The first-order valence-corrected chi connectivity index (χ1v) is 14.6. The summed E-state index contributed by atoms with van der Waals surface area (Å²) in [7, 11) is 0. The van der Waals surface area contributed by atoms with Crippen LogP contribution in [0.3, 0.4) is 0 Å². The topological polar surface area (TPSA) is 71.1 Å². The number of nitriles is 1. The number of anilines is 2. The third-order valence-corrected chi connectivity index (χ3v) is 9.06. The number of benzene rings is 1. The first-order chi connectivity index (χ1) is 19.1. The smallest absolute Gasteiger partial charge is 0.225 e. The van der Waals surface area contributed by atoms with Crippen molar-refractivity contribution in [1.82, 2.24) is 19.4 Å². The number of piperazine rings is 2. The maximum atomic E-state index is 13.1. The van der Waals surface area contributed by atoms with Crippen molar-refractivity contribution in [1.29, 1.82) is 5.26 Å². The molecule has 2 aromatic heterocycles. The number of fused-ring (bicyclic) bond motifs is 1. The molecule has 3 fully saturated rings. The van der Waals surface area contributed by atoms with E-state index in [0.29, 0.717) is 0 Å². The fraction of sp³-hybridized carbons (Fsp3) is 0.516. The van der Waals surface area contributed by atoms with Gasteiger partial charge in [0.1, 0.15) is 0 Å². The van der Waals surface area contributed by atoms with E-state index in [4.69, 9.17) is 5.26 Å². The highest BCUT2D eigenvalue weighted by atomic mass is 16.2. The van der Waals surface area contributed by atoms with Gasteiger partial charge in [-0.2, -0.15) is 10.4 Å². The van der Waals surface area contributed by atoms with Crippen molar-refractivity contribution in [3.05, 3.63) is 48.8 Å². The molecule has 4 heterocycles. The van der Waals surface area contributed by atoms with Crippen LogP contribution in [0.5, 0.6) is 0 Å². The lowest BCUT2D eigenvalue weighted by molar-refractivity contribution is -0.137. The van der Waals surface area contributed by atoms with Crippen LogP contribution in [0.1, 0.15) is 32.6 Å². The molecular weight excluding hydrogens is 486 g/mol. The van der Waals surface area contributed by atoms with Crippen molar-refractivity contribution in [2.24, 2.45) is 11.8 Å². The summed E-state index contributed by atoms with van der Waals surface area (Å²) in [5.41, 5.74) is 5.93. The van der Waals surface area contributed by atoms with Gasteiger partial charge in [0, 0.05) is 87.8 Å². The van der Waals surface area contributed by atoms with Crippen LogP contribution in [0.15, 0.2) is 48.8 Å². The molecule has 0 N–H and O–H groups in total. The minimum Gasteiger partial charge on any atom is -0.369 e. The van der Waals surface area contributed by atoms with Gasteiger partial charge in [-0.05, 0) is 62.1 Å². The van der Waals surface area contributed by atoms with Gasteiger partial charge in [0.2, 0.25) is 5.91 Å². The van der Waals surface area contributed by atoms with Crippen molar-refractivity contribution in [2.45, 2.75) is 32.6 Å². The van der Waals surface area contributed by atoms with Gasteiger partial charge in [-0.1, -0.05) is 19.1 Å². The molecule has 8 heteroatoms.